The number of aliphatic hydroxyl groups is 1. The molecule has 0 heterocycles. The second-order valence-corrected chi connectivity index (χ2v) is 10.5. The number of benzene rings is 2. The Morgan fingerprint density at radius 3 is 2.20 bits per heavy atom. The highest BCUT2D eigenvalue weighted by Gasteiger charge is 2.29. The van der Waals surface area contributed by atoms with Crippen LogP contribution in [0.4, 0.5) is 9.18 Å². The summed E-state index contributed by atoms with van der Waals surface area (Å²) < 4.78 is 50.2. The van der Waals surface area contributed by atoms with E-state index in [0.717, 1.165) is 44.8 Å². The quantitative estimate of drug-likeness (QED) is 0.424. The van der Waals surface area contributed by atoms with Gasteiger partial charge in [-0.05, 0) is 48.9 Å². The Bertz CT molecular complexity index is 1050. The topological polar surface area (TPSA) is 117 Å². The van der Waals surface area contributed by atoms with E-state index in [4.69, 9.17) is 9.47 Å². The molecule has 0 aliphatic heterocycles. The van der Waals surface area contributed by atoms with Crippen LogP contribution in [0.1, 0.15) is 19.4 Å². The van der Waals surface area contributed by atoms with Crippen LogP contribution in [0, 0.1) is 11.7 Å². The summed E-state index contributed by atoms with van der Waals surface area (Å²) in [5, 5.41) is 20.3. The molecule has 0 saturated heterocycles. The van der Waals surface area contributed by atoms with E-state index in [1.165, 1.54) is 7.05 Å². The summed E-state index contributed by atoms with van der Waals surface area (Å²) in [7, 11) is -1.06. The zero-order chi connectivity index (χ0) is 26.2. The lowest BCUT2D eigenvalue weighted by Gasteiger charge is -2.31. The van der Waals surface area contributed by atoms with E-state index in [1.54, 1.807) is 21.0 Å². The molecule has 11 heteroatoms. The van der Waals surface area contributed by atoms with Crippen LogP contribution in [0.2, 0.25) is 0 Å². The fraction of sp³-hybridized carbons (Fsp3) is 0.458. The van der Waals surface area contributed by atoms with Crippen LogP contribution < -0.4 is 4.74 Å². The lowest BCUT2D eigenvalue weighted by molar-refractivity contribution is 0.0315. The van der Waals surface area contributed by atoms with Crippen LogP contribution in [-0.2, 0) is 21.4 Å². The normalized spacial score (nSPS) is 14.4. The summed E-state index contributed by atoms with van der Waals surface area (Å²) >= 11 is 0. The van der Waals surface area contributed by atoms with Crippen LogP contribution in [0.15, 0.2) is 53.4 Å². The number of carboxylic acid groups (broad SMARTS) is 1. The molecule has 0 radical (unpaired) electrons. The number of rotatable bonds is 13. The van der Waals surface area contributed by atoms with Crippen molar-refractivity contribution in [2.45, 2.75) is 37.5 Å². The summed E-state index contributed by atoms with van der Waals surface area (Å²) in [5.41, 5.74) is 0.911. The highest BCUT2D eigenvalue weighted by atomic mass is 32.2. The largest absolute Gasteiger partial charge is 0.497 e. The van der Waals surface area contributed by atoms with E-state index < -0.39 is 40.0 Å². The zero-order valence-electron chi connectivity index (χ0n) is 20.3. The number of amides is 1. The van der Waals surface area contributed by atoms with Crippen molar-refractivity contribution in [1.82, 2.24) is 9.21 Å². The van der Waals surface area contributed by atoms with Gasteiger partial charge in [-0.1, -0.05) is 19.1 Å². The number of sulfonamides is 1. The number of ether oxygens (including phenoxy) is 2. The molecular formula is C24H33FN2O7S. The first-order valence-corrected chi connectivity index (χ1v) is 12.5. The fourth-order valence-electron chi connectivity index (χ4n) is 3.37. The number of hydrogen-bond donors (Lipinski definition) is 2. The van der Waals surface area contributed by atoms with E-state index in [-0.39, 0.29) is 24.6 Å². The number of nitrogens with zero attached hydrogens (tertiary/aromatic N) is 2. The van der Waals surface area contributed by atoms with Crippen molar-refractivity contribution in [3.05, 3.63) is 59.9 Å². The van der Waals surface area contributed by atoms with Gasteiger partial charge in [0.1, 0.15) is 11.6 Å². The lowest BCUT2D eigenvalue weighted by Crippen LogP contribution is -2.46. The number of carbonyl (C=O) groups is 1. The molecule has 2 N–H and O–H groups in total. The Labute approximate surface area is 205 Å². The Morgan fingerprint density at radius 1 is 1.06 bits per heavy atom. The molecule has 2 aromatic rings. The minimum atomic E-state index is -3.94. The first kappa shape index (κ1) is 28.5. The van der Waals surface area contributed by atoms with Gasteiger partial charge in [0.2, 0.25) is 10.0 Å². The molecule has 35 heavy (non-hydrogen) atoms. The van der Waals surface area contributed by atoms with Gasteiger partial charge in [0.05, 0.1) is 37.4 Å². The van der Waals surface area contributed by atoms with Gasteiger partial charge in [-0.2, -0.15) is 4.31 Å². The maximum absolute atomic E-state index is 13.1. The molecule has 3 atom stereocenters. The maximum Gasteiger partial charge on any atom is 0.407 e. The molecule has 0 aromatic heterocycles. The third kappa shape index (κ3) is 8.17. The number of aliphatic hydroxyl groups excluding tert-OH is 1. The van der Waals surface area contributed by atoms with Gasteiger partial charge in [-0.15, -0.1) is 0 Å². The van der Waals surface area contributed by atoms with Crippen molar-refractivity contribution >= 4 is 16.1 Å². The van der Waals surface area contributed by atoms with Gasteiger partial charge in [-0.25, -0.2) is 17.6 Å². The monoisotopic (exact) mass is 512 g/mol. The highest BCUT2D eigenvalue weighted by Crippen LogP contribution is 2.18. The van der Waals surface area contributed by atoms with Gasteiger partial charge in [-0.3, -0.25) is 0 Å². The first-order chi connectivity index (χ1) is 16.4. The Hall–Kier alpha value is -2.73. The average molecular weight is 513 g/mol. The minimum absolute atomic E-state index is 0.0198. The molecule has 0 unspecified atom stereocenters. The van der Waals surface area contributed by atoms with E-state index in [9.17, 15) is 27.8 Å². The van der Waals surface area contributed by atoms with Crippen molar-refractivity contribution in [2.75, 3.05) is 33.9 Å². The molecule has 0 saturated carbocycles. The molecule has 2 rings (SSSR count). The van der Waals surface area contributed by atoms with Crippen molar-refractivity contribution in [1.29, 1.82) is 0 Å². The molecule has 0 aliphatic carbocycles. The van der Waals surface area contributed by atoms with Crippen molar-refractivity contribution < 1.29 is 37.3 Å². The van der Waals surface area contributed by atoms with Gasteiger partial charge in [0, 0.05) is 26.1 Å². The number of halogens is 1. The van der Waals surface area contributed by atoms with Crippen LogP contribution in [0.25, 0.3) is 0 Å². The number of methoxy groups -OCH3 is 1. The average Bonchev–Trinajstić information content (AvgIpc) is 2.82. The van der Waals surface area contributed by atoms with E-state index in [2.05, 4.69) is 0 Å². The summed E-state index contributed by atoms with van der Waals surface area (Å²) in [5.74, 6) is -0.403. The molecule has 0 aliphatic rings. The number of likely N-dealkylation sites (N-methyl/N-ethyl adjacent to an activating group) is 1. The van der Waals surface area contributed by atoms with Gasteiger partial charge >= 0.3 is 6.09 Å². The summed E-state index contributed by atoms with van der Waals surface area (Å²) in [6.45, 7) is 3.51. The van der Waals surface area contributed by atoms with Gasteiger partial charge < -0.3 is 24.6 Å². The Morgan fingerprint density at radius 2 is 1.66 bits per heavy atom. The maximum atomic E-state index is 13.1. The third-order valence-electron chi connectivity index (χ3n) is 5.67. The SMILES string of the molecule is COc1ccc(COC[C@H](C)N(C[C@@H](C)[C@@H](O)CN(C)S(=O)(=O)c2ccc(F)cc2)C(=O)O)cc1. The van der Waals surface area contributed by atoms with Crippen LogP contribution in [-0.4, -0.2) is 79.9 Å². The molecule has 1 amide bonds. The predicted octanol–water partition coefficient (Wildman–Crippen LogP) is 3.04. The molecule has 0 bridgehead atoms. The lowest BCUT2D eigenvalue weighted by atomic mass is 10.0. The fourth-order valence-corrected chi connectivity index (χ4v) is 4.55. The molecule has 9 nitrogen and oxygen atoms in total. The van der Waals surface area contributed by atoms with E-state index in [0.29, 0.717) is 6.61 Å². The summed E-state index contributed by atoms with van der Waals surface area (Å²) in [6, 6.07) is 11.2. The Kier molecular flexibility index (Phi) is 10.4. The molecular weight excluding hydrogens is 479 g/mol. The van der Waals surface area contributed by atoms with Gasteiger partial charge in [0.15, 0.2) is 0 Å². The summed E-state index contributed by atoms with van der Waals surface area (Å²) in [4.78, 5) is 12.9. The highest BCUT2D eigenvalue weighted by molar-refractivity contribution is 7.89. The smallest absolute Gasteiger partial charge is 0.407 e. The number of hydrogen-bond acceptors (Lipinski definition) is 6. The minimum Gasteiger partial charge on any atom is -0.497 e. The van der Waals surface area contributed by atoms with Crippen molar-refractivity contribution in [2.24, 2.45) is 5.92 Å². The third-order valence-corrected chi connectivity index (χ3v) is 7.51. The predicted molar refractivity (Wildman–Crippen MR) is 128 cm³/mol. The van der Waals surface area contributed by atoms with E-state index in [1.807, 2.05) is 24.3 Å². The zero-order valence-corrected chi connectivity index (χ0v) is 21.1. The van der Waals surface area contributed by atoms with Crippen LogP contribution >= 0.6 is 0 Å². The first-order valence-electron chi connectivity index (χ1n) is 11.1. The second kappa shape index (κ2) is 12.8. The molecule has 194 valence electrons. The van der Waals surface area contributed by atoms with Crippen LogP contribution in [0.5, 0.6) is 5.75 Å². The van der Waals surface area contributed by atoms with Crippen molar-refractivity contribution in [3.63, 3.8) is 0 Å². The molecule has 0 spiro atoms. The molecule has 2 aromatic carbocycles. The van der Waals surface area contributed by atoms with Gasteiger partial charge in [0.25, 0.3) is 0 Å². The summed E-state index contributed by atoms with van der Waals surface area (Å²) in [6.07, 6.45) is -2.30. The van der Waals surface area contributed by atoms with Crippen molar-refractivity contribution in [3.8, 4) is 5.75 Å². The second-order valence-electron chi connectivity index (χ2n) is 8.43. The Balaban J connectivity index is 1.91. The van der Waals surface area contributed by atoms with Crippen LogP contribution in [0.3, 0.4) is 0 Å². The molecule has 0 fully saturated rings. The standard InChI is InChI=1S/C24H33FN2O7S/c1-17(23(28)14-26(3)35(31,32)22-11-7-20(25)8-12-22)13-27(24(29)30)18(2)15-34-16-19-5-9-21(33-4)10-6-19/h5-12,17-18,23,28H,13-16H2,1-4H3,(H,29,30)/t17-,18+,23+/m1/s1. The van der Waals surface area contributed by atoms with E-state index >= 15 is 0 Å².